The Morgan fingerprint density at radius 2 is 2.60 bits per heavy atom. The van der Waals surface area contributed by atoms with Crippen molar-refractivity contribution in [1.82, 2.24) is 0 Å². The Kier molecular flexibility index (Phi) is 4.31. The van der Waals surface area contributed by atoms with Gasteiger partial charge in [-0.1, -0.05) is 27.9 Å². The molecule has 0 aromatic heterocycles. The summed E-state index contributed by atoms with van der Waals surface area (Å²) in [7, 11) is 0.961. The Labute approximate surface area is 35.1 Å². The first-order chi connectivity index (χ1) is 2.41. The molecule has 0 saturated heterocycles. The van der Waals surface area contributed by atoms with Gasteiger partial charge in [-0.2, -0.15) is 0 Å². The van der Waals surface area contributed by atoms with Crippen LogP contribution in [0.2, 0.25) is 0 Å². The van der Waals surface area contributed by atoms with Crippen molar-refractivity contribution in [2.24, 2.45) is 0 Å². The van der Waals surface area contributed by atoms with Crippen molar-refractivity contribution >= 4 is 8.58 Å². The molecule has 1 heteroatoms. The molecule has 0 N–H and O–H groups in total. The fourth-order valence-electron chi connectivity index (χ4n) is 0.144. The van der Waals surface area contributed by atoms with Crippen molar-refractivity contribution in [3.05, 3.63) is 12.4 Å². The van der Waals surface area contributed by atoms with Gasteiger partial charge in [0.1, 0.15) is 0 Å². The molecular formula is C4H9P. The molecule has 1 atom stereocenters. The number of rotatable bonds is 2. The van der Waals surface area contributed by atoms with Crippen LogP contribution >= 0.6 is 8.58 Å². The van der Waals surface area contributed by atoms with Crippen molar-refractivity contribution < 1.29 is 0 Å². The summed E-state index contributed by atoms with van der Waals surface area (Å²) in [4.78, 5) is 0. The molecule has 0 fully saturated rings. The van der Waals surface area contributed by atoms with Crippen molar-refractivity contribution in [3.8, 4) is 0 Å². The topological polar surface area (TPSA) is 0 Å². The highest BCUT2D eigenvalue weighted by molar-refractivity contribution is 7.41. The second-order valence-corrected chi connectivity index (χ2v) is 2.29. The molecule has 1 unspecified atom stereocenters. The van der Waals surface area contributed by atoms with Gasteiger partial charge in [0.05, 0.1) is 0 Å². The third-order valence-corrected chi connectivity index (χ3v) is 1.05. The van der Waals surface area contributed by atoms with Crippen molar-refractivity contribution in [1.29, 1.82) is 0 Å². The summed E-state index contributed by atoms with van der Waals surface area (Å²) in [6.45, 7) is 5.72. The van der Waals surface area contributed by atoms with E-state index in [0.717, 1.165) is 8.58 Å². The molecule has 0 rings (SSSR count). The summed E-state index contributed by atoms with van der Waals surface area (Å²) < 4.78 is 0. The van der Waals surface area contributed by atoms with Crippen LogP contribution in [0.15, 0.2) is 12.4 Å². The van der Waals surface area contributed by atoms with Gasteiger partial charge in [-0.05, 0) is 6.16 Å². The molecule has 5 heavy (non-hydrogen) atoms. The fourth-order valence-corrected chi connectivity index (χ4v) is 0.433. The van der Waals surface area contributed by atoms with Crippen LogP contribution in [-0.4, -0.2) is 6.16 Å². The summed E-state index contributed by atoms with van der Waals surface area (Å²) in [6.07, 6.45) is 1.25. The summed E-state index contributed by atoms with van der Waals surface area (Å²) in [5, 5.41) is 0. The molecule has 0 aromatic rings. The number of hydrogen-bond donors (Lipinski definition) is 0. The van der Waals surface area contributed by atoms with Crippen LogP contribution in [0.3, 0.4) is 0 Å². The van der Waals surface area contributed by atoms with Gasteiger partial charge in [0, 0.05) is 0 Å². The lowest BCUT2D eigenvalue weighted by molar-refractivity contribution is 1.52. The maximum atomic E-state index is 3.56. The molecule has 0 radical (unpaired) electrons. The van der Waals surface area contributed by atoms with Gasteiger partial charge in [-0.15, -0.1) is 0 Å². The standard InChI is InChI=1S/C4H9P/c1-3-5-4-2/h3,5H,1,4H2,2H3. The summed E-state index contributed by atoms with van der Waals surface area (Å²) >= 11 is 0. The van der Waals surface area contributed by atoms with E-state index in [2.05, 4.69) is 13.5 Å². The molecule has 0 aliphatic rings. The van der Waals surface area contributed by atoms with E-state index in [0.29, 0.717) is 0 Å². The van der Waals surface area contributed by atoms with Gasteiger partial charge in [0.2, 0.25) is 0 Å². The SMILES string of the molecule is C=CPCC. The van der Waals surface area contributed by atoms with Gasteiger partial charge in [0.15, 0.2) is 0 Å². The average Bonchev–Trinajstić information content (AvgIpc) is 1.41. The Balaban J connectivity index is 2.40. The van der Waals surface area contributed by atoms with Crippen LogP contribution in [0.4, 0.5) is 0 Å². The number of hydrogen-bond acceptors (Lipinski definition) is 0. The van der Waals surface area contributed by atoms with E-state index < -0.39 is 0 Å². The molecule has 0 aromatic carbocycles. The van der Waals surface area contributed by atoms with Gasteiger partial charge in [-0.3, -0.25) is 0 Å². The molecule has 0 saturated carbocycles. The van der Waals surface area contributed by atoms with Crippen LogP contribution < -0.4 is 0 Å². The van der Waals surface area contributed by atoms with E-state index in [-0.39, 0.29) is 0 Å². The smallest absolute Gasteiger partial charge is 0.0347 e. The fraction of sp³-hybridized carbons (Fsp3) is 0.500. The van der Waals surface area contributed by atoms with Crippen LogP contribution in [-0.2, 0) is 0 Å². The van der Waals surface area contributed by atoms with Crippen LogP contribution in [0.5, 0.6) is 0 Å². The van der Waals surface area contributed by atoms with Gasteiger partial charge >= 0.3 is 0 Å². The lowest BCUT2D eigenvalue weighted by atomic mass is 11.0. The maximum Gasteiger partial charge on any atom is -0.0347 e. The predicted molar refractivity (Wildman–Crippen MR) is 29.1 cm³/mol. The molecule has 0 amide bonds. The van der Waals surface area contributed by atoms with Crippen molar-refractivity contribution in [2.45, 2.75) is 6.92 Å². The van der Waals surface area contributed by atoms with Crippen LogP contribution in [0.1, 0.15) is 6.92 Å². The highest BCUT2D eigenvalue weighted by atomic mass is 31.1. The minimum absolute atomic E-state index is 0.961. The first kappa shape index (κ1) is 5.17. The molecular weight excluding hydrogens is 79.0 g/mol. The first-order valence-corrected chi connectivity index (χ1v) is 3.04. The zero-order chi connectivity index (χ0) is 4.12. The Hall–Kier alpha value is 0.170. The second-order valence-electron chi connectivity index (χ2n) is 0.762. The molecule has 0 spiro atoms. The molecule has 0 aliphatic heterocycles. The minimum atomic E-state index is 0.961. The van der Waals surface area contributed by atoms with Gasteiger partial charge in [0.25, 0.3) is 0 Å². The van der Waals surface area contributed by atoms with E-state index in [1.807, 2.05) is 5.82 Å². The van der Waals surface area contributed by atoms with Crippen molar-refractivity contribution in [2.75, 3.05) is 6.16 Å². The monoisotopic (exact) mass is 88.0 g/mol. The summed E-state index contributed by atoms with van der Waals surface area (Å²) in [5.41, 5.74) is 0. The lowest BCUT2D eigenvalue weighted by Crippen LogP contribution is -1.46. The zero-order valence-electron chi connectivity index (χ0n) is 3.49. The molecule has 0 nitrogen and oxygen atoms in total. The Morgan fingerprint density at radius 3 is 2.60 bits per heavy atom. The van der Waals surface area contributed by atoms with E-state index in [1.54, 1.807) is 0 Å². The van der Waals surface area contributed by atoms with Crippen LogP contribution in [0, 0.1) is 0 Å². The zero-order valence-corrected chi connectivity index (χ0v) is 4.49. The predicted octanol–water partition coefficient (Wildman–Crippen LogP) is 1.83. The molecule has 0 heterocycles. The minimum Gasteiger partial charge on any atom is -0.0993 e. The third-order valence-electron chi connectivity index (χ3n) is 0.348. The largest absolute Gasteiger partial charge is 0.0993 e. The summed E-state index contributed by atoms with van der Waals surface area (Å²) in [6, 6.07) is 0. The quantitative estimate of drug-likeness (QED) is 0.452. The normalized spacial score (nSPS) is 9.80. The summed E-state index contributed by atoms with van der Waals surface area (Å²) in [5.74, 6) is 1.96. The van der Waals surface area contributed by atoms with Crippen molar-refractivity contribution in [3.63, 3.8) is 0 Å². The van der Waals surface area contributed by atoms with E-state index in [4.69, 9.17) is 0 Å². The lowest BCUT2D eigenvalue weighted by Gasteiger charge is -1.74. The second kappa shape index (κ2) is 4.17. The highest BCUT2D eigenvalue weighted by Crippen LogP contribution is 2.05. The van der Waals surface area contributed by atoms with Crippen LogP contribution in [0.25, 0.3) is 0 Å². The molecule has 30 valence electrons. The van der Waals surface area contributed by atoms with E-state index in [1.165, 1.54) is 6.16 Å². The van der Waals surface area contributed by atoms with E-state index >= 15 is 0 Å². The van der Waals surface area contributed by atoms with Gasteiger partial charge < -0.3 is 0 Å². The first-order valence-electron chi connectivity index (χ1n) is 1.76. The van der Waals surface area contributed by atoms with Gasteiger partial charge in [-0.25, -0.2) is 0 Å². The Bertz CT molecular complexity index is 24.8. The average molecular weight is 88.1 g/mol. The molecule has 0 bridgehead atoms. The molecule has 0 aliphatic carbocycles. The Morgan fingerprint density at radius 1 is 2.00 bits per heavy atom. The highest BCUT2D eigenvalue weighted by Gasteiger charge is 1.60. The third kappa shape index (κ3) is 4.17. The van der Waals surface area contributed by atoms with E-state index in [9.17, 15) is 0 Å². The maximum absolute atomic E-state index is 3.56.